The van der Waals surface area contributed by atoms with Crippen LogP contribution in [0.4, 0.5) is 9.57 Å². The van der Waals surface area contributed by atoms with Gasteiger partial charge in [0.05, 0.1) is 66.4 Å². The van der Waals surface area contributed by atoms with Gasteiger partial charge in [-0.05, 0) is 67.4 Å². The van der Waals surface area contributed by atoms with Crippen molar-refractivity contribution in [1.29, 1.82) is 0 Å². The second kappa shape index (κ2) is 21.8. The number of fused-ring (bicyclic) bond motifs is 2. The Bertz CT molecular complexity index is 2530. The molecule has 1 aliphatic heterocycles. The topological polar surface area (TPSA) is 216 Å². The minimum atomic E-state index is -5.42. The number of anilines is 1. The molecule has 0 atom stereocenters. The number of aryl methyl sites for hydroxylation is 2. The van der Waals surface area contributed by atoms with E-state index in [4.69, 9.17) is 36.8 Å². The minimum absolute atomic E-state index is 0.0165. The summed E-state index contributed by atoms with van der Waals surface area (Å²) in [7, 11) is -8.08. The third kappa shape index (κ3) is 12.6. The summed E-state index contributed by atoms with van der Waals surface area (Å²) in [4.78, 5) is 55.8. The van der Waals surface area contributed by atoms with E-state index in [2.05, 4.69) is 0 Å². The number of pyridine rings is 1. The molecular formula is C42H44FN3O14S2. The van der Waals surface area contributed by atoms with Gasteiger partial charge in [-0.2, -0.15) is 8.87 Å². The van der Waals surface area contributed by atoms with Gasteiger partial charge in [0, 0.05) is 31.6 Å². The smallest absolute Gasteiger partial charge is 0.333 e. The largest absolute Gasteiger partial charge is 0.722 e. The lowest BCUT2D eigenvalue weighted by Crippen LogP contribution is -2.38. The van der Waals surface area contributed by atoms with Crippen LogP contribution in [0.15, 0.2) is 102 Å². The zero-order chi connectivity index (χ0) is 44.9. The molecule has 6 rings (SSSR count). The molecule has 17 nitrogen and oxygen atoms in total. The molecule has 62 heavy (non-hydrogen) atoms. The van der Waals surface area contributed by atoms with Crippen molar-refractivity contribution in [1.82, 2.24) is 5.06 Å². The molecule has 0 radical (unpaired) electrons. The van der Waals surface area contributed by atoms with Gasteiger partial charge in [0.1, 0.15) is 19.4 Å². The van der Waals surface area contributed by atoms with Crippen molar-refractivity contribution in [3.63, 3.8) is 0 Å². The third-order valence-electron chi connectivity index (χ3n) is 9.26. The summed E-state index contributed by atoms with van der Waals surface area (Å²) < 4.78 is 89.5. The number of aromatic nitrogens is 1. The maximum Gasteiger partial charge on any atom is 0.333 e. The van der Waals surface area contributed by atoms with Crippen LogP contribution < -0.4 is 13.6 Å². The number of amides is 3. The van der Waals surface area contributed by atoms with Crippen molar-refractivity contribution < 1.29 is 72.8 Å². The summed E-state index contributed by atoms with van der Waals surface area (Å²) in [5.74, 6) is -2.24. The van der Waals surface area contributed by atoms with Gasteiger partial charge in [-0.1, -0.05) is 36.4 Å². The number of hydrogen-bond acceptors (Lipinski definition) is 14. The molecule has 1 fully saturated rings. The molecule has 0 aliphatic carbocycles. The van der Waals surface area contributed by atoms with E-state index < -0.39 is 44.2 Å². The molecule has 1 aliphatic rings. The molecule has 0 unspecified atom stereocenters. The standard InChI is InChI=1S/C42H44N3O11S.FHO3S/c1-3-52-24-25-53-26-27-54-28-29-55-32-17-15-31(16-18-32)45(42(49)41-34-8-4-6-10-36(34)43(2)37-11-7-5-9-35(37)41)57(50,51)33-19-12-30(13-20-33)14-23-40(48)56-44-38(46)21-22-39(44)47;1-5(2,3)4/h4-13,15-20H,3,14,21-29H2,1-2H3;(H,2,3,4)/q+1;/p-1. The van der Waals surface area contributed by atoms with Gasteiger partial charge in [-0.3, -0.25) is 14.4 Å². The number of imide groups is 1. The monoisotopic (exact) mass is 897 g/mol. The van der Waals surface area contributed by atoms with E-state index >= 15 is 0 Å². The lowest BCUT2D eigenvalue weighted by atomic mass is 10.0. The zero-order valence-electron chi connectivity index (χ0n) is 33.8. The van der Waals surface area contributed by atoms with E-state index in [1.54, 1.807) is 36.4 Å². The number of carbonyl (C=O) groups excluding carboxylic acids is 4. The van der Waals surface area contributed by atoms with Crippen LogP contribution in [0.5, 0.6) is 5.75 Å². The number of benzene rings is 4. The van der Waals surface area contributed by atoms with Gasteiger partial charge >= 0.3 is 5.97 Å². The number of para-hydroxylation sites is 2. The first-order chi connectivity index (χ1) is 29.6. The molecule has 0 spiro atoms. The highest BCUT2D eigenvalue weighted by atomic mass is 32.3. The van der Waals surface area contributed by atoms with Crippen LogP contribution in [0.1, 0.15) is 42.1 Å². The quantitative estimate of drug-likeness (QED) is 0.0283. The van der Waals surface area contributed by atoms with Crippen LogP contribution in [0.3, 0.4) is 0 Å². The maximum absolute atomic E-state index is 15.0. The van der Waals surface area contributed by atoms with Gasteiger partial charge < -0.3 is 28.3 Å². The molecule has 1 saturated heterocycles. The van der Waals surface area contributed by atoms with Crippen molar-refractivity contribution in [3.05, 3.63) is 108 Å². The first-order valence-electron chi connectivity index (χ1n) is 19.3. The fourth-order valence-corrected chi connectivity index (χ4v) is 7.79. The van der Waals surface area contributed by atoms with Crippen molar-refractivity contribution >= 4 is 71.7 Å². The van der Waals surface area contributed by atoms with Crippen molar-refractivity contribution in [2.24, 2.45) is 7.05 Å². The number of hydroxylamine groups is 2. The maximum atomic E-state index is 15.0. The van der Waals surface area contributed by atoms with Crippen LogP contribution in [-0.4, -0.2) is 96.4 Å². The predicted molar refractivity (Wildman–Crippen MR) is 219 cm³/mol. The molecule has 0 saturated carbocycles. The van der Waals surface area contributed by atoms with Crippen molar-refractivity contribution in [2.75, 3.05) is 50.6 Å². The second-order valence-electron chi connectivity index (χ2n) is 13.4. The minimum Gasteiger partial charge on any atom is -0.722 e. The Morgan fingerprint density at radius 1 is 0.742 bits per heavy atom. The highest BCUT2D eigenvalue weighted by Crippen LogP contribution is 2.33. The Kier molecular flexibility index (Phi) is 16.5. The van der Waals surface area contributed by atoms with Gasteiger partial charge in [0.2, 0.25) is 11.0 Å². The summed E-state index contributed by atoms with van der Waals surface area (Å²) in [5.41, 5.74) is 2.37. The SMILES string of the molecule is CCOCCOCCOCCOc1ccc(N(C(=O)c2c3ccccc3[n+](C)c3ccccc23)S(=O)(=O)c2ccc(CCC(=O)ON3C(=O)CCC3=O)cc2)cc1.O=S(=O)([O-])F. The summed E-state index contributed by atoms with van der Waals surface area (Å²) in [6.07, 6.45) is -0.0518. The Morgan fingerprint density at radius 2 is 1.24 bits per heavy atom. The molecule has 0 N–H and O–H groups in total. The third-order valence-corrected chi connectivity index (χ3v) is 11.0. The molecule has 2 heterocycles. The van der Waals surface area contributed by atoms with Crippen LogP contribution in [0.2, 0.25) is 0 Å². The highest BCUT2D eigenvalue weighted by Gasteiger charge is 2.36. The molecule has 5 aromatic rings. The predicted octanol–water partition coefficient (Wildman–Crippen LogP) is 4.26. The summed E-state index contributed by atoms with van der Waals surface area (Å²) in [5, 5.41) is 1.63. The van der Waals surface area contributed by atoms with Gasteiger partial charge in [-0.15, -0.1) is 8.95 Å². The molecule has 3 amide bonds. The normalized spacial score (nSPS) is 12.9. The first kappa shape index (κ1) is 47.2. The van der Waals surface area contributed by atoms with E-state index in [1.165, 1.54) is 36.4 Å². The molecule has 20 heteroatoms. The van der Waals surface area contributed by atoms with Crippen LogP contribution in [-0.2, 0) is 67.4 Å². The summed E-state index contributed by atoms with van der Waals surface area (Å²) in [6, 6.07) is 26.7. The number of rotatable bonds is 19. The van der Waals surface area contributed by atoms with E-state index in [1.807, 2.05) is 42.8 Å². The number of hydrogen-bond donors (Lipinski definition) is 0. The first-order valence-corrected chi connectivity index (χ1v) is 22.0. The number of halogens is 1. The Hall–Kier alpha value is -5.90. The Morgan fingerprint density at radius 3 is 1.77 bits per heavy atom. The molecule has 0 bridgehead atoms. The van der Waals surface area contributed by atoms with E-state index in [0.717, 1.165) is 15.3 Å². The van der Waals surface area contributed by atoms with Gasteiger partial charge in [0.15, 0.2) is 0 Å². The number of sulfonamides is 1. The summed E-state index contributed by atoms with van der Waals surface area (Å²) in [6.45, 7) is 4.92. The van der Waals surface area contributed by atoms with Crippen molar-refractivity contribution in [3.8, 4) is 5.75 Å². The molecule has 4 aromatic carbocycles. The molecule has 330 valence electrons. The highest BCUT2D eigenvalue weighted by molar-refractivity contribution is 7.93. The number of carbonyl (C=O) groups is 4. The summed E-state index contributed by atoms with van der Waals surface area (Å²) >= 11 is 0. The molecule has 1 aromatic heterocycles. The average Bonchev–Trinajstić information content (AvgIpc) is 3.56. The van der Waals surface area contributed by atoms with Crippen molar-refractivity contribution in [2.45, 2.75) is 37.5 Å². The zero-order valence-corrected chi connectivity index (χ0v) is 35.4. The van der Waals surface area contributed by atoms with Crippen LogP contribution in [0.25, 0.3) is 21.8 Å². The second-order valence-corrected chi connectivity index (χ2v) is 16.0. The fraction of sp³-hybridized carbons (Fsp3) is 0.310. The van der Waals surface area contributed by atoms with Crippen LogP contribution in [0, 0.1) is 0 Å². The van der Waals surface area contributed by atoms with Crippen LogP contribution >= 0.6 is 0 Å². The van der Waals surface area contributed by atoms with E-state index in [0.29, 0.717) is 66.8 Å². The van der Waals surface area contributed by atoms with E-state index in [-0.39, 0.29) is 48.4 Å². The fourth-order valence-electron chi connectivity index (χ4n) is 6.39. The lowest BCUT2D eigenvalue weighted by Gasteiger charge is -2.24. The van der Waals surface area contributed by atoms with Gasteiger partial charge in [0.25, 0.3) is 38.2 Å². The number of ether oxygens (including phenoxy) is 4. The molecular weight excluding hydrogens is 854 g/mol. The van der Waals surface area contributed by atoms with Gasteiger partial charge in [-0.25, -0.2) is 21.6 Å². The lowest BCUT2D eigenvalue weighted by molar-refractivity contribution is -0.617. The average molecular weight is 898 g/mol. The Labute approximate surface area is 357 Å². The Balaban J connectivity index is 0.00000137. The van der Waals surface area contributed by atoms with E-state index in [9.17, 15) is 31.5 Å². The number of nitrogens with zero attached hydrogens (tertiary/aromatic N) is 3.